The number of hydrogen-bond acceptors (Lipinski definition) is 5. The molecule has 5 nitrogen and oxygen atoms in total. The summed E-state index contributed by atoms with van der Waals surface area (Å²) >= 11 is 3.00. The third kappa shape index (κ3) is 4.11. The molecule has 4 rings (SSSR count). The number of rotatable bonds is 5. The Morgan fingerprint density at radius 1 is 0.839 bits per heavy atom. The Balaban J connectivity index is 1.71. The van der Waals surface area contributed by atoms with Crippen molar-refractivity contribution in [1.82, 2.24) is 9.80 Å². The summed E-state index contributed by atoms with van der Waals surface area (Å²) in [5, 5.41) is 1.00. The normalized spacial score (nSPS) is 16.6. The van der Waals surface area contributed by atoms with Crippen molar-refractivity contribution in [1.29, 1.82) is 0 Å². The first-order valence-corrected chi connectivity index (χ1v) is 11.9. The summed E-state index contributed by atoms with van der Waals surface area (Å²) in [5.74, 6) is -0.499. The van der Waals surface area contributed by atoms with Crippen molar-refractivity contribution in [2.75, 3.05) is 25.3 Å². The lowest BCUT2D eigenvalue weighted by molar-refractivity contribution is -0.142. The molecule has 0 saturated carbocycles. The van der Waals surface area contributed by atoms with Crippen LogP contribution in [0.25, 0.3) is 6.08 Å². The van der Waals surface area contributed by atoms with Crippen LogP contribution in [0, 0.1) is 0 Å². The zero-order chi connectivity index (χ0) is 22.0. The Bertz CT molecular complexity index is 1050. The standard InChI is InChI=1S/C24H23N3O2S2/c1-25-22(28)20(23(29)26(2)24(25)30-3)16-19-14-15-21(31-19)27(17-10-6-4-7-11-17)18-12-8-5-9-13-18/h4-16,24H,1-3H3. The molecule has 1 aliphatic rings. The molecule has 3 aromatic rings. The highest BCUT2D eigenvalue weighted by atomic mass is 32.2. The largest absolute Gasteiger partial charge is 0.312 e. The average Bonchev–Trinajstić information content (AvgIpc) is 3.25. The molecule has 0 spiro atoms. The van der Waals surface area contributed by atoms with Crippen LogP contribution in [0.15, 0.2) is 78.4 Å². The van der Waals surface area contributed by atoms with E-state index in [-0.39, 0.29) is 22.9 Å². The second-order valence-corrected chi connectivity index (χ2v) is 9.12. The van der Waals surface area contributed by atoms with E-state index in [1.807, 2.05) is 54.8 Å². The van der Waals surface area contributed by atoms with E-state index in [9.17, 15) is 9.59 Å². The predicted molar refractivity (Wildman–Crippen MR) is 130 cm³/mol. The molecule has 2 amide bonds. The number of benzene rings is 2. The molecular formula is C24H23N3O2S2. The molecule has 7 heteroatoms. The zero-order valence-electron chi connectivity index (χ0n) is 17.6. The van der Waals surface area contributed by atoms with E-state index in [1.54, 1.807) is 41.3 Å². The highest BCUT2D eigenvalue weighted by molar-refractivity contribution is 7.99. The molecule has 158 valence electrons. The lowest BCUT2D eigenvalue weighted by Crippen LogP contribution is -2.55. The predicted octanol–water partition coefficient (Wildman–Crippen LogP) is 5.18. The Kier molecular flexibility index (Phi) is 6.15. The van der Waals surface area contributed by atoms with Crippen molar-refractivity contribution in [3.8, 4) is 0 Å². The molecule has 0 aliphatic carbocycles. The Morgan fingerprint density at radius 2 is 1.35 bits per heavy atom. The molecule has 1 aliphatic heterocycles. The maximum atomic E-state index is 12.8. The van der Waals surface area contributed by atoms with E-state index in [2.05, 4.69) is 29.2 Å². The molecule has 2 heterocycles. The molecule has 1 aromatic heterocycles. The fourth-order valence-electron chi connectivity index (χ4n) is 3.61. The topological polar surface area (TPSA) is 43.9 Å². The van der Waals surface area contributed by atoms with Crippen LogP contribution in [0.5, 0.6) is 0 Å². The van der Waals surface area contributed by atoms with Crippen molar-refractivity contribution in [3.63, 3.8) is 0 Å². The third-order valence-corrected chi connectivity index (χ3v) is 7.19. The minimum Gasteiger partial charge on any atom is -0.312 e. The third-order valence-electron chi connectivity index (χ3n) is 5.12. The summed E-state index contributed by atoms with van der Waals surface area (Å²) in [6, 6.07) is 24.2. The van der Waals surface area contributed by atoms with Gasteiger partial charge in [0.1, 0.15) is 10.6 Å². The maximum absolute atomic E-state index is 12.8. The molecular weight excluding hydrogens is 426 g/mol. The molecule has 2 aromatic carbocycles. The number of carbonyl (C=O) groups is 2. The smallest absolute Gasteiger partial charge is 0.261 e. The summed E-state index contributed by atoms with van der Waals surface area (Å²) in [6.07, 6.45) is 3.59. The van der Waals surface area contributed by atoms with Crippen LogP contribution >= 0.6 is 23.1 Å². The second-order valence-electron chi connectivity index (χ2n) is 7.13. The molecule has 0 unspecified atom stereocenters. The van der Waals surface area contributed by atoms with Crippen LogP contribution in [-0.4, -0.2) is 47.5 Å². The number of carbonyl (C=O) groups excluding carboxylic acids is 2. The van der Waals surface area contributed by atoms with Gasteiger partial charge in [-0.3, -0.25) is 9.59 Å². The first-order valence-electron chi connectivity index (χ1n) is 9.80. The Hall–Kier alpha value is -3.03. The summed E-state index contributed by atoms with van der Waals surface area (Å²) in [6.45, 7) is 0. The van der Waals surface area contributed by atoms with Crippen LogP contribution in [0.2, 0.25) is 0 Å². The summed E-state index contributed by atoms with van der Waals surface area (Å²) < 4.78 is 0. The van der Waals surface area contributed by atoms with Gasteiger partial charge in [-0.1, -0.05) is 36.4 Å². The summed E-state index contributed by atoms with van der Waals surface area (Å²) in [4.78, 5) is 31.9. The number of thioether (sulfide) groups is 1. The quantitative estimate of drug-likeness (QED) is 0.398. The minimum absolute atomic E-state index is 0.190. The fourth-order valence-corrected chi connectivity index (χ4v) is 5.43. The molecule has 0 N–H and O–H groups in total. The van der Waals surface area contributed by atoms with Crippen LogP contribution < -0.4 is 4.90 Å². The number of thiophene rings is 1. The number of nitrogens with zero attached hydrogens (tertiary/aromatic N) is 3. The highest BCUT2D eigenvalue weighted by Gasteiger charge is 2.38. The van der Waals surface area contributed by atoms with Crippen molar-refractivity contribution in [3.05, 3.63) is 83.2 Å². The van der Waals surface area contributed by atoms with Gasteiger partial charge in [0, 0.05) is 30.3 Å². The van der Waals surface area contributed by atoms with Crippen molar-refractivity contribution < 1.29 is 9.59 Å². The van der Waals surface area contributed by atoms with Gasteiger partial charge in [0.15, 0.2) is 5.50 Å². The SMILES string of the molecule is CSC1N(C)C(=O)C(=Cc2ccc(N(c3ccccc3)c3ccccc3)s2)C(=O)N1C. The van der Waals surface area contributed by atoms with Crippen LogP contribution in [-0.2, 0) is 9.59 Å². The van der Waals surface area contributed by atoms with E-state index in [1.165, 1.54) is 11.8 Å². The number of amides is 2. The first-order chi connectivity index (χ1) is 15.0. The second kappa shape index (κ2) is 8.99. The number of likely N-dealkylation sites (N-methyl/N-ethyl adjacent to an activating group) is 2. The number of anilines is 3. The zero-order valence-corrected chi connectivity index (χ0v) is 19.2. The van der Waals surface area contributed by atoms with Crippen LogP contribution in [0.4, 0.5) is 16.4 Å². The summed E-state index contributed by atoms with van der Waals surface area (Å²) in [7, 11) is 3.46. The van der Waals surface area contributed by atoms with Gasteiger partial charge >= 0.3 is 0 Å². The lowest BCUT2D eigenvalue weighted by atomic mass is 10.1. The van der Waals surface area contributed by atoms with E-state index >= 15 is 0 Å². The Labute approximate surface area is 190 Å². The van der Waals surface area contributed by atoms with E-state index in [0.717, 1.165) is 21.3 Å². The number of hydrogen-bond donors (Lipinski definition) is 0. The van der Waals surface area contributed by atoms with Gasteiger partial charge in [-0.2, -0.15) is 0 Å². The number of para-hydroxylation sites is 2. The van der Waals surface area contributed by atoms with Crippen LogP contribution in [0.1, 0.15) is 4.88 Å². The van der Waals surface area contributed by atoms with Gasteiger partial charge < -0.3 is 14.7 Å². The van der Waals surface area contributed by atoms with Crippen molar-refractivity contribution >= 4 is 57.4 Å². The van der Waals surface area contributed by atoms with Gasteiger partial charge in [-0.15, -0.1) is 23.1 Å². The molecule has 1 fully saturated rings. The Morgan fingerprint density at radius 3 is 1.84 bits per heavy atom. The van der Waals surface area contributed by atoms with E-state index < -0.39 is 0 Å². The fraction of sp³-hybridized carbons (Fsp3) is 0.167. The lowest BCUT2D eigenvalue weighted by Gasteiger charge is -2.39. The first kappa shape index (κ1) is 21.2. The van der Waals surface area contributed by atoms with Crippen molar-refractivity contribution in [2.24, 2.45) is 0 Å². The molecule has 0 radical (unpaired) electrons. The average molecular weight is 450 g/mol. The molecule has 31 heavy (non-hydrogen) atoms. The van der Waals surface area contributed by atoms with Gasteiger partial charge in [0.2, 0.25) is 0 Å². The van der Waals surface area contributed by atoms with Gasteiger partial charge in [0.05, 0.1) is 0 Å². The van der Waals surface area contributed by atoms with Gasteiger partial charge in [-0.25, -0.2) is 0 Å². The maximum Gasteiger partial charge on any atom is 0.261 e. The molecule has 0 bridgehead atoms. The minimum atomic E-state index is -0.289. The summed E-state index contributed by atoms with van der Waals surface area (Å²) in [5.41, 5.74) is 1.99. The van der Waals surface area contributed by atoms with Crippen LogP contribution in [0.3, 0.4) is 0 Å². The van der Waals surface area contributed by atoms with E-state index in [0.29, 0.717) is 0 Å². The molecule has 1 saturated heterocycles. The van der Waals surface area contributed by atoms with Gasteiger partial charge in [0.25, 0.3) is 11.8 Å². The van der Waals surface area contributed by atoms with Crippen molar-refractivity contribution in [2.45, 2.75) is 5.50 Å². The highest BCUT2D eigenvalue weighted by Crippen LogP contribution is 2.39. The van der Waals surface area contributed by atoms with E-state index in [4.69, 9.17) is 0 Å². The molecule has 0 atom stereocenters. The monoisotopic (exact) mass is 449 g/mol. The van der Waals surface area contributed by atoms with Gasteiger partial charge in [-0.05, 0) is 48.7 Å².